The van der Waals surface area contributed by atoms with Gasteiger partial charge in [-0.05, 0) is 32.8 Å². The van der Waals surface area contributed by atoms with Gasteiger partial charge in [0.15, 0.2) is 0 Å². The molecule has 7 heteroatoms. The maximum Gasteiger partial charge on any atom is 0.410 e. The Morgan fingerprint density at radius 3 is 2.35 bits per heavy atom. The minimum Gasteiger partial charge on any atom is -0.469 e. The summed E-state index contributed by atoms with van der Waals surface area (Å²) >= 11 is 0. The standard InChI is InChI=1S/C19H25NO6/c1-19(2,3)26-17(22)15-14(16(21)24-4)10-11-20(15)18(23)25-12-13-8-6-5-7-9-13/h5-9,14-15H,10-12H2,1-4H3/t14-,15-/m0/s1. The Bertz CT molecular complexity index is 652. The van der Waals surface area contributed by atoms with Gasteiger partial charge in [-0.3, -0.25) is 9.69 Å². The van der Waals surface area contributed by atoms with Crippen LogP contribution in [0.2, 0.25) is 0 Å². The van der Waals surface area contributed by atoms with Gasteiger partial charge in [0.1, 0.15) is 18.2 Å². The van der Waals surface area contributed by atoms with Crippen LogP contribution < -0.4 is 0 Å². The first-order valence-electron chi connectivity index (χ1n) is 8.51. The number of ether oxygens (including phenoxy) is 3. The van der Waals surface area contributed by atoms with E-state index in [0.717, 1.165) is 5.56 Å². The summed E-state index contributed by atoms with van der Waals surface area (Å²) in [4.78, 5) is 38.4. The minimum absolute atomic E-state index is 0.0834. The highest BCUT2D eigenvalue weighted by Gasteiger charge is 2.48. The number of rotatable bonds is 4. The van der Waals surface area contributed by atoms with E-state index >= 15 is 0 Å². The molecule has 1 heterocycles. The summed E-state index contributed by atoms with van der Waals surface area (Å²) in [6, 6.07) is 8.17. The van der Waals surface area contributed by atoms with Gasteiger partial charge in [-0.25, -0.2) is 9.59 Å². The number of benzene rings is 1. The molecule has 1 aromatic carbocycles. The summed E-state index contributed by atoms with van der Waals surface area (Å²) in [6.45, 7) is 5.48. The quantitative estimate of drug-likeness (QED) is 0.604. The zero-order chi connectivity index (χ0) is 19.3. The molecule has 142 valence electrons. The molecule has 0 unspecified atom stereocenters. The van der Waals surface area contributed by atoms with E-state index < -0.39 is 35.6 Å². The molecule has 26 heavy (non-hydrogen) atoms. The number of amides is 1. The Morgan fingerprint density at radius 2 is 1.77 bits per heavy atom. The third-order valence-corrected chi connectivity index (χ3v) is 3.99. The van der Waals surface area contributed by atoms with Gasteiger partial charge >= 0.3 is 18.0 Å². The van der Waals surface area contributed by atoms with Crippen molar-refractivity contribution in [3.63, 3.8) is 0 Å². The molecule has 0 spiro atoms. The van der Waals surface area contributed by atoms with Gasteiger partial charge in [0.05, 0.1) is 13.0 Å². The van der Waals surface area contributed by atoms with Crippen LogP contribution in [0.1, 0.15) is 32.8 Å². The summed E-state index contributed by atoms with van der Waals surface area (Å²) in [5.41, 5.74) is 0.0957. The molecule has 0 aromatic heterocycles. The number of likely N-dealkylation sites (tertiary alicyclic amines) is 1. The van der Waals surface area contributed by atoms with Crippen LogP contribution in [0.4, 0.5) is 4.79 Å². The molecular weight excluding hydrogens is 338 g/mol. The van der Waals surface area contributed by atoms with E-state index in [1.165, 1.54) is 12.0 Å². The molecule has 1 aromatic rings. The van der Waals surface area contributed by atoms with Crippen molar-refractivity contribution in [1.29, 1.82) is 0 Å². The molecule has 0 aliphatic carbocycles. The third kappa shape index (κ3) is 4.97. The van der Waals surface area contributed by atoms with E-state index in [9.17, 15) is 14.4 Å². The Balaban J connectivity index is 2.12. The van der Waals surface area contributed by atoms with Gasteiger partial charge in [-0.1, -0.05) is 30.3 Å². The van der Waals surface area contributed by atoms with Crippen molar-refractivity contribution in [3.05, 3.63) is 35.9 Å². The molecule has 1 fully saturated rings. The fraction of sp³-hybridized carbons (Fsp3) is 0.526. The molecule has 0 saturated carbocycles. The van der Waals surface area contributed by atoms with Crippen LogP contribution in [0.25, 0.3) is 0 Å². The van der Waals surface area contributed by atoms with Crippen LogP contribution in [0.3, 0.4) is 0 Å². The predicted molar refractivity (Wildman–Crippen MR) is 93.1 cm³/mol. The Labute approximate surface area is 153 Å². The highest BCUT2D eigenvalue weighted by molar-refractivity contribution is 5.89. The average Bonchev–Trinajstić information content (AvgIpc) is 3.03. The van der Waals surface area contributed by atoms with Gasteiger partial charge < -0.3 is 14.2 Å². The molecule has 2 atom stereocenters. The molecular formula is C19H25NO6. The lowest BCUT2D eigenvalue weighted by atomic mass is 10.0. The second-order valence-electron chi connectivity index (χ2n) is 7.13. The van der Waals surface area contributed by atoms with Crippen LogP contribution in [0, 0.1) is 5.92 Å². The second kappa shape index (κ2) is 8.21. The number of esters is 2. The molecule has 1 aliphatic heterocycles. The number of carbonyl (C=O) groups is 3. The highest BCUT2D eigenvalue weighted by Crippen LogP contribution is 2.29. The molecule has 1 amide bonds. The van der Waals surface area contributed by atoms with Gasteiger partial charge in [0.2, 0.25) is 0 Å². The first-order chi connectivity index (χ1) is 12.2. The normalized spacial score (nSPS) is 19.8. The van der Waals surface area contributed by atoms with Crippen molar-refractivity contribution < 1.29 is 28.6 Å². The Hall–Kier alpha value is -2.57. The van der Waals surface area contributed by atoms with Gasteiger partial charge in [-0.15, -0.1) is 0 Å². The molecule has 0 radical (unpaired) electrons. The first kappa shape index (κ1) is 19.8. The van der Waals surface area contributed by atoms with Crippen molar-refractivity contribution in [2.24, 2.45) is 5.92 Å². The summed E-state index contributed by atoms with van der Waals surface area (Å²) in [6.07, 6.45) is -0.340. The van der Waals surface area contributed by atoms with Gasteiger partial charge in [0.25, 0.3) is 0 Å². The number of nitrogens with zero attached hydrogens (tertiary/aromatic N) is 1. The van der Waals surface area contributed by atoms with Crippen molar-refractivity contribution in [2.75, 3.05) is 13.7 Å². The van der Waals surface area contributed by atoms with Crippen molar-refractivity contribution >= 4 is 18.0 Å². The van der Waals surface area contributed by atoms with Crippen molar-refractivity contribution in [1.82, 2.24) is 4.90 Å². The molecule has 7 nitrogen and oxygen atoms in total. The van der Waals surface area contributed by atoms with E-state index in [1.54, 1.807) is 20.8 Å². The van der Waals surface area contributed by atoms with E-state index in [1.807, 2.05) is 30.3 Å². The lowest BCUT2D eigenvalue weighted by Gasteiger charge is -2.28. The summed E-state index contributed by atoms with van der Waals surface area (Å²) in [5, 5.41) is 0. The van der Waals surface area contributed by atoms with E-state index in [2.05, 4.69) is 0 Å². The van der Waals surface area contributed by atoms with Crippen LogP contribution in [-0.2, 0) is 30.4 Å². The highest BCUT2D eigenvalue weighted by atomic mass is 16.6. The second-order valence-corrected chi connectivity index (χ2v) is 7.13. The predicted octanol–water partition coefficient (Wildman–Crippen LogP) is 2.53. The van der Waals surface area contributed by atoms with Crippen LogP contribution >= 0.6 is 0 Å². The minimum atomic E-state index is -1.05. The van der Waals surface area contributed by atoms with Crippen LogP contribution in [-0.4, -0.2) is 48.2 Å². The zero-order valence-electron chi connectivity index (χ0n) is 15.6. The molecule has 0 bridgehead atoms. The zero-order valence-corrected chi connectivity index (χ0v) is 15.6. The first-order valence-corrected chi connectivity index (χ1v) is 8.51. The number of hydrogen-bond acceptors (Lipinski definition) is 6. The van der Waals surface area contributed by atoms with E-state index in [4.69, 9.17) is 14.2 Å². The summed E-state index contributed by atoms with van der Waals surface area (Å²) in [7, 11) is 1.25. The molecule has 0 N–H and O–H groups in total. The van der Waals surface area contributed by atoms with Gasteiger partial charge in [-0.2, -0.15) is 0 Å². The lowest BCUT2D eigenvalue weighted by Crippen LogP contribution is -2.48. The Kier molecular flexibility index (Phi) is 6.23. The average molecular weight is 363 g/mol. The maximum atomic E-state index is 12.6. The van der Waals surface area contributed by atoms with Crippen LogP contribution in [0.15, 0.2) is 30.3 Å². The number of methoxy groups -OCH3 is 1. The SMILES string of the molecule is COC(=O)[C@H]1CCN(C(=O)OCc2ccccc2)[C@@H]1C(=O)OC(C)(C)C. The van der Waals surface area contributed by atoms with E-state index in [-0.39, 0.29) is 13.2 Å². The molecule has 2 rings (SSSR count). The molecule has 1 saturated heterocycles. The Morgan fingerprint density at radius 1 is 1.12 bits per heavy atom. The van der Waals surface area contributed by atoms with E-state index in [0.29, 0.717) is 6.42 Å². The maximum absolute atomic E-state index is 12.6. The van der Waals surface area contributed by atoms with Crippen LogP contribution in [0.5, 0.6) is 0 Å². The van der Waals surface area contributed by atoms with Crippen molar-refractivity contribution in [3.8, 4) is 0 Å². The number of hydrogen-bond donors (Lipinski definition) is 0. The number of carbonyl (C=O) groups excluding carboxylic acids is 3. The third-order valence-electron chi connectivity index (χ3n) is 3.99. The monoisotopic (exact) mass is 363 g/mol. The summed E-state index contributed by atoms with van der Waals surface area (Å²) < 4.78 is 15.5. The largest absolute Gasteiger partial charge is 0.469 e. The topological polar surface area (TPSA) is 82.1 Å². The molecule has 1 aliphatic rings. The fourth-order valence-corrected chi connectivity index (χ4v) is 2.85. The smallest absolute Gasteiger partial charge is 0.410 e. The summed E-state index contributed by atoms with van der Waals surface area (Å²) in [5.74, 6) is -1.94. The fourth-order valence-electron chi connectivity index (χ4n) is 2.85. The lowest BCUT2D eigenvalue weighted by molar-refractivity contribution is -0.165. The van der Waals surface area contributed by atoms with Crippen molar-refractivity contribution in [2.45, 2.75) is 45.4 Å². The van der Waals surface area contributed by atoms with Gasteiger partial charge in [0, 0.05) is 6.54 Å².